The van der Waals surface area contributed by atoms with Gasteiger partial charge in [-0.3, -0.25) is 0 Å². The normalized spacial score (nSPS) is 31.2. The Morgan fingerprint density at radius 3 is 2.33 bits per heavy atom. The van der Waals surface area contributed by atoms with Gasteiger partial charge in [0.15, 0.2) is 0 Å². The number of nitrogens with one attached hydrogen (secondary N) is 1. The molecule has 0 aromatic heterocycles. The Bertz CT molecular complexity index is 199. The van der Waals surface area contributed by atoms with Crippen molar-refractivity contribution >= 4 is 11.8 Å². The van der Waals surface area contributed by atoms with Crippen molar-refractivity contribution < 1.29 is 0 Å². The summed E-state index contributed by atoms with van der Waals surface area (Å²) in [5.74, 6) is 2.81. The highest BCUT2D eigenvalue weighted by Gasteiger charge is 2.36. The van der Waals surface area contributed by atoms with Crippen LogP contribution < -0.4 is 5.32 Å². The van der Waals surface area contributed by atoms with E-state index in [9.17, 15) is 0 Å². The van der Waals surface area contributed by atoms with E-state index in [2.05, 4.69) is 58.6 Å². The molecule has 1 heterocycles. The molecule has 0 amide bonds. The second-order valence-corrected chi connectivity index (χ2v) is 7.45. The molecule has 1 aliphatic heterocycles. The average molecular weight is 229 g/mol. The van der Waals surface area contributed by atoms with E-state index in [1.165, 1.54) is 12.2 Å². The first-order valence-corrected chi connectivity index (χ1v) is 7.26. The van der Waals surface area contributed by atoms with Crippen LogP contribution in [0.4, 0.5) is 0 Å². The van der Waals surface area contributed by atoms with Crippen LogP contribution in [0.2, 0.25) is 0 Å². The highest BCUT2D eigenvalue weighted by molar-refractivity contribution is 8.00. The third-order valence-corrected chi connectivity index (χ3v) is 5.14. The molecule has 1 nitrogen and oxygen atoms in total. The zero-order valence-electron chi connectivity index (χ0n) is 11.1. The molecule has 15 heavy (non-hydrogen) atoms. The summed E-state index contributed by atoms with van der Waals surface area (Å²) in [5, 5.41) is 4.63. The number of thioether (sulfide) groups is 1. The van der Waals surface area contributed by atoms with Gasteiger partial charge in [0.05, 0.1) is 0 Å². The van der Waals surface area contributed by atoms with E-state index >= 15 is 0 Å². The predicted molar refractivity (Wildman–Crippen MR) is 71.5 cm³/mol. The molecule has 0 spiro atoms. The van der Waals surface area contributed by atoms with Crippen LogP contribution in [0.3, 0.4) is 0 Å². The molecule has 1 fully saturated rings. The van der Waals surface area contributed by atoms with Crippen LogP contribution in [0.15, 0.2) is 0 Å². The minimum Gasteiger partial charge on any atom is -0.307 e. The summed E-state index contributed by atoms with van der Waals surface area (Å²) < 4.78 is 0. The number of rotatable bonds is 3. The first-order chi connectivity index (χ1) is 6.82. The van der Waals surface area contributed by atoms with Crippen molar-refractivity contribution in [2.45, 2.75) is 64.8 Å². The molecule has 1 aliphatic rings. The van der Waals surface area contributed by atoms with Crippen LogP contribution in [-0.4, -0.2) is 22.6 Å². The van der Waals surface area contributed by atoms with E-state index in [1.807, 2.05) is 0 Å². The highest BCUT2D eigenvalue weighted by Crippen LogP contribution is 2.34. The van der Waals surface area contributed by atoms with Crippen molar-refractivity contribution in [1.29, 1.82) is 0 Å². The monoisotopic (exact) mass is 229 g/mol. The third kappa shape index (κ3) is 3.99. The lowest BCUT2D eigenvalue weighted by molar-refractivity contribution is 0.285. The molecule has 0 radical (unpaired) electrons. The number of hydrogen-bond acceptors (Lipinski definition) is 2. The SMILES string of the molecule is CC(C)CC1NC(C)(C)CSC1C(C)C. The Kier molecular flexibility index (Phi) is 4.54. The topological polar surface area (TPSA) is 12.0 Å². The van der Waals surface area contributed by atoms with Gasteiger partial charge in [0.1, 0.15) is 0 Å². The van der Waals surface area contributed by atoms with Gasteiger partial charge in [-0.25, -0.2) is 0 Å². The Morgan fingerprint density at radius 2 is 1.87 bits per heavy atom. The molecular formula is C13H27NS. The first kappa shape index (κ1) is 13.4. The molecule has 0 aromatic carbocycles. The Balaban J connectivity index is 2.65. The zero-order valence-corrected chi connectivity index (χ0v) is 11.9. The molecule has 0 aromatic rings. The van der Waals surface area contributed by atoms with Gasteiger partial charge in [-0.1, -0.05) is 27.7 Å². The van der Waals surface area contributed by atoms with Crippen molar-refractivity contribution in [3.05, 3.63) is 0 Å². The molecule has 2 heteroatoms. The Morgan fingerprint density at radius 1 is 1.27 bits per heavy atom. The zero-order chi connectivity index (χ0) is 11.6. The summed E-state index contributed by atoms with van der Waals surface area (Å²) in [6, 6.07) is 0.693. The van der Waals surface area contributed by atoms with Gasteiger partial charge in [0.25, 0.3) is 0 Å². The van der Waals surface area contributed by atoms with E-state index in [1.54, 1.807) is 0 Å². The molecule has 2 atom stereocenters. The average Bonchev–Trinajstić information content (AvgIpc) is 1.99. The van der Waals surface area contributed by atoms with Crippen LogP contribution in [-0.2, 0) is 0 Å². The lowest BCUT2D eigenvalue weighted by atomic mass is 9.92. The summed E-state index contributed by atoms with van der Waals surface area (Å²) in [7, 11) is 0. The number of hydrogen-bond donors (Lipinski definition) is 1. The van der Waals surface area contributed by atoms with Crippen molar-refractivity contribution in [2.24, 2.45) is 11.8 Å². The second kappa shape index (κ2) is 5.09. The minimum atomic E-state index is 0.315. The quantitative estimate of drug-likeness (QED) is 0.794. The fraction of sp³-hybridized carbons (Fsp3) is 1.00. The predicted octanol–water partition coefficient (Wildman–Crippen LogP) is 3.54. The highest BCUT2D eigenvalue weighted by atomic mass is 32.2. The van der Waals surface area contributed by atoms with E-state index in [4.69, 9.17) is 0 Å². The molecule has 90 valence electrons. The van der Waals surface area contributed by atoms with E-state index < -0.39 is 0 Å². The molecule has 0 aliphatic carbocycles. The Hall–Kier alpha value is 0.310. The standard InChI is InChI=1S/C13H27NS/c1-9(2)7-11-12(10(3)4)15-8-13(5,6)14-11/h9-12,14H,7-8H2,1-6H3. The summed E-state index contributed by atoms with van der Waals surface area (Å²) >= 11 is 2.17. The van der Waals surface area contributed by atoms with Gasteiger partial charge in [-0.05, 0) is 32.1 Å². The molecular weight excluding hydrogens is 202 g/mol. The molecule has 1 N–H and O–H groups in total. The van der Waals surface area contributed by atoms with Gasteiger partial charge in [0.2, 0.25) is 0 Å². The molecule has 2 unspecified atom stereocenters. The summed E-state index contributed by atoms with van der Waals surface area (Å²) in [5.41, 5.74) is 0.315. The smallest absolute Gasteiger partial charge is 0.0225 e. The second-order valence-electron chi connectivity index (χ2n) is 6.28. The Labute approximate surface area is 99.8 Å². The first-order valence-electron chi connectivity index (χ1n) is 6.21. The lowest BCUT2D eigenvalue weighted by Crippen LogP contribution is -2.57. The minimum absolute atomic E-state index is 0.315. The largest absolute Gasteiger partial charge is 0.307 e. The van der Waals surface area contributed by atoms with E-state index in [0.717, 1.165) is 17.1 Å². The van der Waals surface area contributed by atoms with Crippen LogP contribution in [0.1, 0.15) is 48.0 Å². The molecule has 0 bridgehead atoms. The molecule has 1 rings (SSSR count). The van der Waals surface area contributed by atoms with Crippen LogP contribution >= 0.6 is 11.8 Å². The van der Waals surface area contributed by atoms with Crippen LogP contribution in [0.5, 0.6) is 0 Å². The van der Waals surface area contributed by atoms with Gasteiger partial charge in [0, 0.05) is 22.6 Å². The van der Waals surface area contributed by atoms with Crippen molar-refractivity contribution in [3.8, 4) is 0 Å². The van der Waals surface area contributed by atoms with Crippen molar-refractivity contribution in [3.63, 3.8) is 0 Å². The third-order valence-electron chi connectivity index (χ3n) is 2.99. The van der Waals surface area contributed by atoms with Gasteiger partial charge < -0.3 is 5.32 Å². The van der Waals surface area contributed by atoms with E-state index in [-0.39, 0.29) is 0 Å². The van der Waals surface area contributed by atoms with Crippen LogP contribution in [0, 0.1) is 11.8 Å². The summed E-state index contributed by atoms with van der Waals surface area (Å²) in [4.78, 5) is 0. The summed E-state index contributed by atoms with van der Waals surface area (Å²) in [6.07, 6.45) is 1.30. The maximum Gasteiger partial charge on any atom is 0.0225 e. The van der Waals surface area contributed by atoms with Crippen LogP contribution in [0.25, 0.3) is 0 Å². The fourth-order valence-electron chi connectivity index (χ4n) is 2.40. The molecule has 1 saturated heterocycles. The van der Waals surface area contributed by atoms with Gasteiger partial charge >= 0.3 is 0 Å². The van der Waals surface area contributed by atoms with Crippen molar-refractivity contribution in [1.82, 2.24) is 5.32 Å². The molecule has 0 saturated carbocycles. The maximum atomic E-state index is 3.83. The van der Waals surface area contributed by atoms with Gasteiger partial charge in [-0.2, -0.15) is 11.8 Å². The summed E-state index contributed by atoms with van der Waals surface area (Å²) in [6.45, 7) is 14.0. The maximum absolute atomic E-state index is 3.83. The lowest BCUT2D eigenvalue weighted by Gasteiger charge is -2.44. The fourth-order valence-corrected chi connectivity index (χ4v) is 3.89. The van der Waals surface area contributed by atoms with Crippen molar-refractivity contribution in [2.75, 3.05) is 5.75 Å². The van der Waals surface area contributed by atoms with Gasteiger partial charge in [-0.15, -0.1) is 0 Å². The van der Waals surface area contributed by atoms with E-state index in [0.29, 0.717) is 11.6 Å².